The van der Waals surface area contributed by atoms with E-state index in [4.69, 9.17) is 4.74 Å². The zero-order valence-corrected chi connectivity index (χ0v) is 18.7. The van der Waals surface area contributed by atoms with Crippen molar-refractivity contribution >= 4 is 15.9 Å². The van der Waals surface area contributed by atoms with Gasteiger partial charge < -0.3 is 14.6 Å². The van der Waals surface area contributed by atoms with E-state index in [2.05, 4.69) is 4.98 Å². The highest BCUT2D eigenvalue weighted by Crippen LogP contribution is 2.30. The summed E-state index contributed by atoms with van der Waals surface area (Å²) in [7, 11) is -3.70. The average Bonchev–Trinajstić information content (AvgIpc) is 3.31. The van der Waals surface area contributed by atoms with Crippen LogP contribution in [0.1, 0.15) is 21.6 Å². The van der Waals surface area contributed by atoms with Crippen molar-refractivity contribution in [3.8, 4) is 0 Å². The first-order chi connectivity index (χ1) is 15.6. The number of aromatic nitrogens is 1. The van der Waals surface area contributed by atoms with Crippen molar-refractivity contribution in [3.63, 3.8) is 0 Å². The molecule has 2 aromatic rings. The molecule has 2 saturated heterocycles. The number of benzene rings is 1. The van der Waals surface area contributed by atoms with Crippen LogP contribution in [0.3, 0.4) is 0 Å². The summed E-state index contributed by atoms with van der Waals surface area (Å²) in [5, 5.41) is 0. The van der Waals surface area contributed by atoms with Crippen molar-refractivity contribution in [1.29, 1.82) is 0 Å². The quantitative estimate of drug-likeness (QED) is 0.699. The minimum absolute atomic E-state index is 0.0379. The van der Waals surface area contributed by atoms with Gasteiger partial charge in [0.2, 0.25) is 10.0 Å². The second-order valence-electron chi connectivity index (χ2n) is 8.03. The highest BCUT2D eigenvalue weighted by atomic mass is 32.2. The van der Waals surface area contributed by atoms with E-state index in [0.717, 1.165) is 12.1 Å². The molecule has 0 unspecified atom stereocenters. The fourth-order valence-corrected chi connectivity index (χ4v) is 5.37. The third kappa shape index (κ3) is 5.40. The topological polar surface area (TPSA) is 85.9 Å². The Balaban J connectivity index is 1.35. The van der Waals surface area contributed by atoms with Crippen LogP contribution < -0.4 is 0 Å². The fourth-order valence-electron chi connectivity index (χ4n) is 3.97. The molecule has 180 valence electrons. The minimum atomic E-state index is -4.38. The maximum absolute atomic E-state index is 12.9. The van der Waals surface area contributed by atoms with Crippen LogP contribution in [0.4, 0.5) is 13.2 Å². The number of carbonyl (C=O) groups excluding carboxylic acids is 1. The summed E-state index contributed by atoms with van der Waals surface area (Å²) in [6.07, 6.45) is -3.06. The maximum atomic E-state index is 12.9. The fraction of sp³-hybridized carbons (Fsp3) is 0.476. The largest absolute Gasteiger partial charge is 0.416 e. The molecule has 0 atom stereocenters. The zero-order chi connectivity index (χ0) is 23.6. The molecule has 33 heavy (non-hydrogen) atoms. The standard InChI is InChI=1S/C21H25F3N4O4S/c22-21(23,24)17-3-1-2-16(12-17)15-26-4-6-27(7-5-26)20(29)19-13-18(14-25-19)33(30,31)28-8-10-32-11-9-28/h1-3,12-14,25H,4-11,15H2. The number of morpholine rings is 1. The lowest BCUT2D eigenvalue weighted by molar-refractivity contribution is -0.137. The normalized spacial score (nSPS) is 19.1. The maximum Gasteiger partial charge on any atom is 0.416 e. The highest BCUT2D eigenvalue weighted by Gasteiger charge is 2.31. The van der Waals surface area contributed by atoms with E-state index < -0.39 is 21.8 Å². The number of alkyl halides is 3. The number of rotatable bonds is 5. The van der Waals surface area contributed by atoms with Crippen LogP contribution in [-0.2, 0) is 27.5 Å². The Labute approximate surface area is 190 Å². The first-order valence-corrected chi connectivity index (χ1v) is 12.0. The van der Waals surface area contributed by atoms with Gasteiger partial charge in [0.05, 0.1) is 18.8 Å². The van der Waals surface area contributed by atoms with E-state index >= 15 is 0 Å². The lowest BCUT2D eigenvalue weighted by Gasteiger charge is -2.34. The Morgan fingerprint density at radius 3 is 2.39 bits per heavy atom. The molecule has 1 aromatic heterocycles. The van der Waals surface area contributed by atoms with Crippen LogP contribution in [0.5, 0.6) is 0 Å². The van der Waals surface area contributed by atoms with Gasteiger partial charge in [-0.15, -0.1) is 0 Å². The van der Waals surface area contributed by atoms with Crippen molar-refractivity contribution in [2.75, 3.05) is 52.5 Å². The number of carbonyl (C=O) groups is 1. The van der Waals surface area contributed by atoms with E-state index in [9.17, 15) is 26.4 Å². The van der Waals surface area contributed by atoms with Gasteiger partial charge in [0, 0.05) is 52.0 Å². The number of aromatic amines is 1. The third-order valence-electron chi connectivity index (χ3n) is 5.81. The van der Waals surface area contributed by atoms with Gasteiger partial charge in [-0.3, -0.25) is 9.69 Å². The molecule has 4 rings (SSSR count). The Morgan fingerprint density at radius 1 is 1.03 bits per heavy atom. The molecule has 12 heteroatoms. The van der Waals surface area contributed by atoms with Gasteiger partial charge in [0.25, 0.3) is 5.91 Å². The molecule has 2 aliphatic rings. The lowest BCUT2D eigenvalue weighted by atomic mass is 10.1. The van der Waals surface area contributed by atoms with Gasteiger partial charge in [-0.05, 0) is 17.7 Å². The summed E-state index contributed by atoms with van der Waals surface area (Å²) >= 11 is 0. The van der Waals surface area contributed by atoms with E-state index in [1.54, 1.807) is 11.0 Å². The molecule has 8 nitrogen and oxygen atoms in total. The molecule has 2 fully saturated rings. The van der Waals surface area contributed by atoms with Crippen LogP contribution in [0.25, 0.3) is 0 Å². The number of piperazine rings is 1. The van der Waals surface area contributed by atoms with E-state index in [1.165, 1.54) is 22.6 Å². The number of H-pyrrole nitrogens is 1. The van der Waals surface area contributed by atoms with Gasteiger partial charge >= 0.3 is 6.18 Å². The molecule has 0 radical (unpaired) electrons. The Morgan fingerprint density at radius 2 is 1.73 bits per heavy atom. The number of amides is 1. The SMILES string of the molecule is O=C(c1cc(S(=O)(=O)N2CCOCC2)c[nH]1)N1CCN(Cc2cccc(C(F)(F)F)c2)CC1. The lowest BCUT2D eigenvalue weighted by Crippen LogP contribution is -2.48. The monoisotopic (exact) mass is 486 g/mol. The van der Waals surface area contributed by atoms with Crippen LogP contribution in [0.15, 0.2) is 41.4 Å². The van der Waals surface area contributed by atoms with Crippen LogP contribution >= 0.6 is 0 Å². The smallest absolute Gasteiger partial charge is 0.379 e. The van der Waals surface area contributed by atoms with Crippen molar-refractivity contribution in [2.45, 2.75) is 17.6 Å². The van der Waals surface area contributed by atoms with Crippen molar-refractivity contribution in [2.24, 2.45) is 0 Å². The summed E-state index contributed by atoms with van der Waals surface area (Å²) in [6.45, 7) is 3.35. The number of hydrogen-bond acceptors (Lipinski definition) is 5. The van der Waals surface area contributed by atoms with E-state index in [0.29, 0.717) is 51.5 Å². The van der Waals surface area contributed by atoms with Gasteiger partial charge in [-0.2, -0.15) is 17.5 Å². The predicted octanol–water partition coefficient (Wildman–Crippen LogP) is 2.01. The summed E-state index contributed by atoms with van der Waals surface area (Å²) in [5.74, 6) is -0.308. The van der Waals surface area contributed by atoms with Crippen molar-refractivity contribution in [1.82, 2.24) is 19.1 Å². The van der Waals surface area contributed by atoms with Crippen LogP contribution in [0, 0.1) is 0 Å². The van der Waals surface area contributed by atoms with E-state index in [-0.39, 0.29) is 29.6 Å². The van der Waals surface area contributed by atoms with Crippen molar-refractivity contribution in [3.05, 3.63) is 53.3 Å². The molecule has 0 aliphatic carbocycles. The van der Waals surface area contributed by atoms with Gasteiger partial charge in [-0.25, -0.2) is 8.42 Å². The summed E-state index contributed by atoms with van der Waals surface area (Å²) in [6, 6.07) is 6.59. The number of nitrogens with one attached hydrogen (secondary N) is 1. The Kier molecular flexibility index (Phi) is 6.80. The molecule has 0 bridgehead atoms. The number of hydrogen-bond donors (Lipinski definition) is 1. The number of nitrogens with zero attached hydrogens (tertiary/aromatic N) is 3. The molecule has 2 aliphatic heterocycles. The van der Waals surface area contributed by atoms with E-state index in [1.807, 2.05) is 4.90 Å². The number of ether oxygens (including phenoxy) is 1. The Bertz CT molecular complexity index is 1090. The molecular formula is C21H25F3N4O4S. The van der Waals surface area contributed by atoms with Gasteiger partial charge in [0.1, 0.15) is 10.6 Å². The number of halogens is 3. The highest BCUT2D eigenvalue weighted by molar-refractivity contribution is 7.89. The number of sulfonamides is 1. The first-order valence-electron chi connectivity index (χ1n) is 10.6. The zero-order valence-electron chi connectivity index (χ0n) is 17.8. The van der Waals surface area contributed by atoms with Crippen LogP contribution in [0.2, 0.25) is 0 Å². The minimum Gasteiger partial charge on any atom is -0.379 e. The van der Waals surface area contributed by atoms with Gasteiger partial charge in [0.15, 0.2) is 0 Å². The summed E-state index contributed by atoms with van der Waals surface area (Å²) in [4.78, 5) is 19.3. The molecule has 1 N–H and O–H groups in total. The Hall–Kier alpha value is -2.41. The summed E-state index contributed by atoms with van der Waals surface area (Å²) < 4.78 is 70.8. The molecule has 3 heterocycles. The predicted molar refractivity (Wildman–Crippen MR) is 113 cm³/mol. The second-order valence-corrected chi connectivity index (χ2v) is 9.97. The third-order valence-corrected chi connectivity index (χ3v) is 7.69. The molecule has 0 saturated carbocycles. The molecule has 0 spiro atoms. The average molecular weight is 487 g/mol. The first kappa shape index (κ1) is 23.7. The van der Waals surface area contributed by atoms with Gasteiger partial charge in [-0.1, -0.05) is 18.2 Å². The summed E-state index contributed by atoms with van der Waals surface area (Å²) in [5.41, 5.74) is 0.0727. The molecular weight excluding hydrogens is 461 g/mol. The second kappa shape index (κ2) is 9.45. The molecule has 1 amide bonds. The van der Waals surface area contributed by atoms with Crippen LogP contribution in [-0.4, -0.2) is 85.9 Å². The molecule has 1 aromatic carbocycles. The van der Waals surface area contributed by atoms with Crippen molar-refractivity contribution < 1.29 is 31.1 Å².